The third kappa shape index (κ3) is 5.02. The Morgan fingerprint density at radius 3 is 2.71 bits per heavy atom. The summed E-state index contributed by atoms with van der Waals surface area (Å²) in [6, 6.07) is 9.84. The zero-order valence-corrected chi connectivity index (χ0v) is 19.7. The molecule has 10 heteroatoms. The number of fused-ring (bicyclic) bond motifs is 1. The molecule has 35 heavy (non-hydrogen) atoms. The van der Waals surface area contributed by atoms with Crippen LogP contribution in [0.3, 0.4) is 0 Å². The number of nitrogens with one attached hydrogen (secondary N) is 2. The second-order valence-electron chi connectivity index (χ2n) is 8.52. The number of hydrogen-bond donors (Lipinski definition) is 3. The Morgan fingerprint density at radius 1 is 1.20 bits per heavy atom. The van der Waals surface area contributed by atoms with Crippen molar-refractivity contribution in [3.63, 3.8) is 0 Å². The minimum atomic E-state index is -0.998. The van der Waals surface area contributed by atoms with Crippen LogP contribution in [0.25, 0.3) is 0 Å². The molecule has 0 unspecified atom stereocenters. The summed E-state index contributed by atoms with van der Waals surface area (Å²) in [7, 11) is 1.51. The Morgan fingerprint density at radius 2 is 2.00 bits per heavy atom. The van der Waals surface area contributed by atoms with Gasteiger partial charge in [-0.2, -0.15) is 0 Å². The van der Waals surface area contributed by atoms with E-state index in [0.29, 0.717) is 48.0 Å². The third-order valence-electron chi connectivity index (χ3n) is 6.42. The van der Waals surface area contributed by atoms with E-state index in [1.165, 1.54) is 7.11 Å². The normalized spacial score (nSPS) is 20.9. The lowest BCUT2D eigenvalue weighted by Gasteiger charge is -2.28. The fourth-order valence-corrected chi connectivity index (χ4v) is 4.86. The molecule has 0 bridgehead atoms. The highest BCUT2D eigenvalue weighted by atomic mass is 16.7. The second kappa shape index (κ2) is 10.6. The lowest BCUT2D eigenvalue weighted by molar-refractivity contribution is -0.143. The van der Waals surface area contributed by atoms with Crippen LogP contribution in [0.15, 0.2) is 36.4 Å². The molecule has 10 nitrogen and oxygen atoms in total. The summed E-state index contributed by atoms with van der Waals surface area (Å²) >= 11 is 0. The molecule has 0 spiro atoms. The van der Waals surface area contributed by atoms with Gasteiger partial charge >= 0.3 is 5.97 Å². The predicted octanol–water partition coefficient (Wildman–Crippen LogP) is 2.36. The summed E-state index contributed by atoms with van der Waals surface area (Å²) in [6.07, 6.45) is 1.33. The van der Waals surface area contributed by atoms with E-state index in [1.807, 2.05) is 17.9 Å². The number of nitrogens with zero attached hydrogens (tertiary/aromatic N) is 1. The molecule has 3 N–H and O–H groups in total. The van der Waals surface area contributed by atoms with Crippen molar-refractivity contribution in [2.45, 2.75) is 25.3 Å². The number of carboxylic acids is 1. The number of methoxy groups -OCH3 is 1. The van der Waals surface area contributed by atoms with E-state index in [4.69, 9.17) is 14.2 Å². The zero-order chi connectivity index (χ0) is 24.9. The van der Waals surface area contributed by atoms with Crippen molar-refractivity contribution in [3.8, 4) is 17.2 Å². The van der Waals surface area contributed by atoms with Crippen LogP contribution < -0.4 is 24.8 Å². The monoisotopic (exact) mass is 483 g/mol. The number of ether oxygens (including phenoxy) is 3. The summed E-state index contributed by atoms with van der Waals surface area (Å²) in [6.45, 7) is 2.95. The van der Waals surface area contributed by atoms with Gasteiger partial charge in [-0.1, -0.05) is 19.1 Å². The molecule has 0 aromatic heterocycles. The van der Waals surface area contributed by atoms with Gasteiger partial charge in [0.2, 0.25) is 19.1 Å². The molecule has 1 saturated heterocycles. The number of hydrogen-bond acceptors (Lipinski definition) is 7. The van der Waals surface area contributed by atoms with Crippen LogP contribution in [0.1, 0.15) is 36.4 Å². The van der Waals surface area contributed by atoms with E-state index in [2.05, 4.69) is 10.6 Å². The van der Waals surface area contributed by atoms with Gasteiger partial charge in [-0.25, -0.2) is 0 Å². The van der Waals surface area contributed by atoms with Gasteiger partial charge in [-0.05, 0) is 35.7 Å². The summed E-state index contributed by atoms with van der Waals surface area (Å²) in [5.41, 5.74) is 1.80. The quantitative estimate of drug-likeness (QED) is 0.440. The molecule has 4 rings (SSSR count). The third-order valence-corrected chi connectivity index (χ3v) is 6.42. The summed E-state index contributed by atoms with van der Waals surface area (Å²) < 4.78 is 16.2. The van der Waals surface area contributed by atoms with Crippen molar-refractivity contribution >= 4 is 24.0 Å². The van der Waals surface area contributed by atoms with E-state index in [9.17, 15) is 19.5 Å². The van der Waals surface area contributed by atoms with Crippen LogP contribution in [-0.4, -0.2) is 61.8 Å². The first-order valence-corrected chi connectivity index (χ1v) is 11.5. The van der Waals surface area contributed by atoms with Crippen molar-refractivity contribution in [2.24, 2.45) is 5.92 Å². The number of likely N-dealkylation sites (tertiary alicyclic amines) is 1. The van der Waals surface area contributed by atoms with Gasteiger partial charge < -0.3 is 30.0 Å². The zero-order valence-electron chi connectivity index (χ0n) is 19.7. The molecular formula is C25H29N3O7. The van der Waals surface area contributed by atoms with Crippen molar-refractivity contribution < 1.29 is 33.7 Å². The van der Waals surface area contributed by atoms with Crippen LogP contribution in [0.5, 0.6) is 17.2 Å². The molecular weight excluding hydrogens is 454 g/mol. The maximum Gasteiger partial charge on any atom is 0.309 e. The first kappa shape index (κ1) is 24.3. The second-order valence-corrected chi connectivity index (χ2v) is 8.52. The summed E-state index contributed by atoms with van der Waals surface area (Å²) in [5, 5.41) is 15.9. The average Bonchev–Trinajstić information content (AvgIpc) is 3.47. The van der Waals surface area contributed by atoms with E-state index in [1.54, 1.807) is 30.3 Å². The molecule has 3 atom stereocenters. The largest absolute Gasteiger partial charge is 0.497 e. The lowest BCUT2D eigenvalue weighted by Crippen LogP contribution is -2.38. The Balaban J connectivity index is 1.77. The molecule has 2 aliphatic rings. The molecule has 0 radical (unpaired) electrons. The van der Waals surface area contributed by atoms with E-state index >= 15 is 0 Å². The minimum absolute atomic E-state index is 0.0159. The van der Waals surface area contributed by atoms with Crippen molar-refractivity contribution in [3.05, 3.63) is 47.5 Å². The van der Waals surface area contributed by atoms with E-state index in [0.717, 1.165) is 12.0 Å². The van der Waals surface area contributed by atoms with Gasteiger partial charge in [0.05, 0.1) is 25.6 Å². The number of carbonyl (C=O) groups excluding carboxylic acids is 2. The van der Waals surface area contributed by atoms with E-state index < -0.39 is 23.8 Å². The topological polar surface area (TPSA) is 126 Å². The highest BCUT2D eigenvalue weighted by Crippen LogP contribution is 2.49. The first-order valence-electron chi connectivity index (χ1n) is 11.5. The maximum absolute atomic E-state index is 12.7. The Kier molecular flexibility index (Phi) is 7.40. The van der Waals surface area contributed by atoms with Crippen LogP contribution in [0.4, 0.5) is 5.69 Å². The number of aliphatic carboxylic acids is 1. The van der Waals surface area contributed by atoms with Crippen LogP contribution in [0, 0.1) is 5.92 Å². The van der Waals surface area contributed by atoms with Crippen molar-refractivity contribution in [1.82, 2.24) is 10.2 Å². The number of rotatable bonds is 10. The SMILES string of the molecule is CCCNC(=O)CN1C[C@H](c2ccc3c(c2)OCO3)[C@H](C(=O)O)[C@H]1c1ccc(OC)cc1NC=O. The lowest BCUT2D eigenvalue weighted by atomic mass is 9.82. The van der Waals surface area contributed by atoms with Gasteiger partial charge in [0.15, 0.2) is 11.5 Å². The molecule has 2 aromatic carbocycles. The van der Waals surface area contributed by atoms with Gasteiger partial charge in [0.1, 0.15) is 5.75 Å². The van der Waals surface area contributed by atoms with Crippen LogP contribution >= 0.6 is 0 Å². The fourth-order valence-electron chi connectivity index (χ4n) is 4.86. The van der Waals surface area contributed by atoms with Gasteiger partial charge in [0, 0.05) is 30.8 Å². The molecule has 0 saturated carbocycles. The van der Waals surface area contributed by atoms with E-state index in [-0.39, 0.29) is 19.2 Å². The smallest absolute Gasteiger partial charge is 0.309 e. The highest BCUT2D eigenvalue weighted by Gasteiger charge is 2.48. The summed E-state index contributed by atoms with van der Waals surface area (Å²) in [4.78, 5) is 38.6. The molecule has 2 amide bonds. The molecule has 0 aliphatic carbocycles. The first-order chi connectivity index (χ1) is 17.0. The van der Waals surface area contributed by atoms with Gasteiger partial charge in [0.25, 0.3) is 0 Å². The number of carboxylic acid groups (broad SMARTS) is 1. The number of benzene rings is 2. The Labute approximate surface area is 203 Å². The van der Waals surface area contributed by atoms with Crippen molar-refractivity contribution in [2.75, 3.05) is 38.9 Å². The Bertz CT molecular complexity index is 1110. The number of anilines is 1. The minimum Gasteiger partial charge on any atom is -0.497 e. The molecule has 2 aromatic rings. The summed E-state index contributed by atoms with van der Waals surface area (Å²) in [5.74, 6) is -0.823. The molecule has 2 heterocycles. The number of amides is 2. The van der Waals surface area contributed by atoms with Gasteiger partial charge in [-0.3, -0.25) is 19.3 Å². The predicted molar refractivity (Wildman–Crippen MR) is 127 cm³/mol. The number of carbonyl (C=O) groups is 3. The standard InChI is InChI=1S/C25H29N3O7/c1-3-8-26-22(30)12-28-11-18(15-4-7-20-21(9-15)35-14-34-20)23(25(31)32)24(28)17-6-5-16(33-2)10-19(17)27-13-29/h4-7,9-10,13,18,23-24H,3,8,11-12,14H2,1-2H3,(H,26,30)(H,27,29)(H,31,32)/t18-,23+,24-/m1/s1. The molecule has 1 fully saturated rings. The van der Waals surface area contributed by atoms with Crippen molar-refractivity contribution in [1.29, 1.82) is 0 Å². The average molecular weight is 484 g/mol. The van der Waals surface area contributed by atoms with Crippen LogP contribution in [-0.2, 0) is 14.4 Å². The molecule has 2 aliphatic heterocycles. The van der Waals surface area contributed by atoms with Gasteiger partial charge in [-0.15, -0.1) is 0 Å². The Hall–Kier alpha value is -3.79. The fraction of sp³-hybridized carbons (Fsp3) is 0.400. The van der Waals surface area contributed by atoms with Crippen LogP contribution in [0.2, 0.25) is 0 Å². The maximum atomic E-state index is 12.7. The highest BCUT2D eigenvalue weighted by molar-refractivity contribution is 5.80. The molecule has 186 valence electrons.